The smallest absolute Gasteiger partial charge is 0.0233 e. The van der Waals surface area contributed by atoms with E-state index in [1.807, 2.05) is 0 Å². The van der Waals surface area contributed by atoms with Gasteiger partial charge in [-0.3, -0.25) is 0 Å². The topological polar surface area (TPSA) is 0 Å². The molecular weight excluding hydrogens is 336 g/mol. The van der Waals surface area contributed by atoms with Crippen LogP contribution in [0, 0.1) is 23.7 Å². The predicted octanol–water partition coefficient (Wildman–Crippen LogP) is 9.65. The monoisotopic (exact) mass is 386 g/mol. The van der Waals surface area contributed by atoms with E-state index >= 15 is 0 Å². The Kier molecular flexibility index (Phi) is 13.0. The Bertz CT molecular complexity index is 390. The molecule has 0 aromatic carbocycles. The van der Waals surface area contributed by atoms with Crippen LogP contribution in [0.25, 0.3) is 0 Å². The van der Waals surface area contributed by atoms with E-state index in [0.717, 1.165) is 23.7 Å². The Morgan fingerprint density at radius 1 is 0.643 bits per heavy atom. The minimum atomic E-state index is 0.797. The third kappa shape index (κ3) is 10.3. The van der Waals surface area contributed by atoms with Crippen LogP contribution in [0.3, 0.4) is 0 Å². The average molecular weight is 387 g/mol. The summed E-state index contributed by atoms with van der Waals surface area (Å²) in [5.41, 5.74) is 0. The lowest BCUT2D eigenvalue weighted by molar-refractivity contribution is 0.249. The minimum Gasteiger partial charge on any atom is -0.103 e. The molecule has 2 rings (SSSR count). The van der Waals surface area contributed by atoms with Crippen LogP contribution in [0.1, 0.15) is 129 Å². The molecule has 0 amide bonds. The first kappa shape index (κ1) is 23.8. The maximum absolute atomic E-state index is 3.96. The molecule has 0 bridgehead atoms. The quantitative estimate of drug-likeness (QED) is 0.206. The van der Waals surface area contributed by atoms with Gasteiger partial charge in [0.05, 0.1) is 0 Å². The van der Waals surface area contributed by atoms with E-state index in [4.69, 9.17) is 0 Å². The molecule has 162 valence electrons. The lowest BCUT2D eigenvalue weighted by atomic mass is 9.78. The number of hydrogen-bond acceptors (Lipinski definition) is 0. The SMILES string of the molecule is C=C[C@H]1CC[C@H](C=CCC[C@H]2CC[C@H](CCCCCCCCCC)CC2)CC1. The first-order valence-electron chi connectivity index (χ1n) is 13.1. The van der Waals surface area contributed by atoms with Gasteiger partial charge in [0, 0.05) is 0 Å². The summed E-state index contributed by atoms with van der Waals surface area (Å²) in [5.74, 6) is 3.74. The Labute approximate surface area is 177 Å². The fourth-order valence-corrected chi connectivity index (χ4v) is 5.57. The Morgan fingerprint density at radius 3 is 1.79 bits per heavy atom. The normalized spacial score (nSPS) is 28.6. The van der Waals surface area contributed by atoms with Gasteiger partial charge in [0.25, 0.3) is 0 Å². The van der Waals surface area contributed by atoms with Gasteiger partial charge < -0.3 is 0 Å². The summed E-state index contributed by atoms with van der Waals surface area (Å²) >= 11 is 0. The van der Waals surface area contributed by atoms with Crippen molar-refractivity contribution in [3.63, 3.8) is 0 Å². The third-order valence-electron chi connectivity index (χ3n) is 7.73. The molecule has 28 heavy (non-hydrogen) atoms. The summed E-state index contributed by atoms with van der Waals surface area (Å²) in [5, 5.41) is 0. The largest absolute Gasteiger partial charge is 0.103 e. The number of rotatable bonds is 14. The minimum absolute atomic E-state index is 0.797. The highest BCUT2D eigenvalue weighted by molar-refractivity contribution is 4.94. The molecule has 2 fully saturated rings. The van der Waals surface area contributed by atoms with E-state index < -0.39 is 0 Å². The molecule has 0 heterocycles. The standard InChI is InChI=1S/C28H50/c1-3-5-6-7-8-9-10-11-14-26-21-23-28(24-22-26)16-13-12-15-27-19-17-25(4-2)18-20-27/h4,12,15,25-28H,2-3,5-11,13-14,16-24H2,1H3/t25-,26-,27-,28-. The summed E-state index contributed by atoms with van der Waals surface area (Å²) in [7, 11) is 0. The van der Waals surface area contributed by atoms with Gasteiger partial charge >= 0.3 is 0 Å². The highest BCUT2D eigenvalue weighted by atomic mass is 14.3. The van der Waals surface area contributed by atoms with Gasteiger partial charge in [-0.15, -0.1) is 6.58 Å². The maximum Gasteiger partial charge on any atom is -0.0233 e. The molecule has 0 atom stereocenters. The van der Waals surface area contributed by atoms with E-state index in [0.29, 0.717) is 0 Å². The molecule has 2 aliphatic rings. The van der Waals surface area contributed by atoms with Crippen molar-refractivity contribution in [2.75, 3.05) is 0 Å². The van der Waals surface area contributed by atoms with Gasteiger partial charge in [-0.25, -0.2) is 0 Å². The van der Waals surface area contributed by atoms with Crippen molar-refractivity contribution in [1.82, 2.24) is 0 Å². The second-order valence-electron chi connectivity index (χ2n) is 10.1. The predicted molar refractivity (Wildman–Crippen MR) is 127 cm³/mol. The van der Waals surface area contributed by atoms with E-state index in [9.17, 15) is 0 Å². The van der Waals surface area contributed by atoms with Crippen LogP contribution in [0.4, 0.5) is 0 Å². The fourth-order valence-electron chi connectivity index (χ4n) is 5.57. The lowest BCUT2D eigenvalue weighted by Gasteiger charge is -2.28. The van der Waals surface area contributed by atoms with Crippen molar-refractivity contribution < 1.29 is 0 Å². The summed E-state index contributed by atoms with van der Waals surface area (Å²) in [6, 6.07) is 0. The fraction of sp³-hybridized carbons (Fsp3) is 0.857. The summed E-state index contributed by atoms with van der Waals surface area (Å²) in [6.45, 7) is 6.27. The Hall–Kier alpha value is -0.520. The van der Waals surface area contributed by atoms with Gasteiger partial charge in [0.2, 0.25) is 0 Å². The summed E-state index contributed by atoms with van der Waals surface area (Å²) in [6.07, 6.45) is 34.8. The second kappa shape index (κ2) is 15.3. The summed E-state index contributed by atoms with van der Waals surface area (Å²) < 4.78 is 0. The van der Waals surface area contributed by atoms with Crippen molar-refractivity contribution in [2.24, 2.45) is 23.7 Å². The average Bonchev–Trinajstić information content (AvgIpc) is 2.74. The van der Waals surface area contributed by atoms with Crippen LogP contribution in [0.2, 0.25) is 0 Å². The van der Waals surface area contributed by atoms with E-state index in [-0.39, 0.29) is 0 Å². The van der Waals surface area contributed by atoms with Gasteiger partial charge in [-0.2, -0.15) is 0 Å². The summed E-state index contributed by atoms with van der Waals surface area (Å²) in [4.78, 5) is 0. The van der Waals surface area contributed by atoms with Crippen LogP contribution in [0.5, 0.6) is 0 Å². The molecule has 0 heteroatoms. The van der Waals surface area contributed by atoms with Crippen LogP contribution in [0.15, 0.2) is 24.8 Å². The van der Waals surface area contributed by atoms with Crippen molar-refractivity contribution in [1.29, 1.82) is 0 Å². The zero-order valence-corrected chi connectivity index (χ0v) is 19.2. The molecule has 0 nitrogen and oxygen atoms in total. The molecule has 0 spiro atoms. The van der Waals surface area contributed by atoms with Gasteiger partial charge in [0.15, 0.2) is 0 Å². The van der Waals surface area contributed by atoms with Crippen LogP contribution < -0.4 is 0 Å². The second-order valence-corrected chi connectivity index (χ2v) is 10.1. The number of hydrogen-bond donors (Lipinski definition) is 0. The molecule has 0 unspecified atom stereocenters. The van der Waals surface area contributed by atoms with Crippen LogP contribution in [-0.4, -0.2) is 0 Å². The van der Waals surface area contributed by atoms with Crippen molar-refractivity contribution in [3.05, 3.63) is 24.8 Å². The van der Waals surface area contributed by atoms with Gasteiger partial charge in [-0.1, -0.05) is 109 Å². The molecule has 2 aliphatic carbocycles. The molecule has 0 aliphatic heterocycles. The number of unbranched alkanes of at least 4 members (excludes halogenated alkanes) is 7. The van der Waals surface area contributed by atoms with Gasteiger partial charge in [0.1, 0.15) is 0 Å². The third-order valence-corrected chi connectivity index (χ3v) is 7.73. The van der Waals surface area contributed by atoms with E-state index in [1.54, 1.807) is 0 Å². The zero-order valence-electron chi connectivity index (χ0n) is 19.2. The maximum atomic E-state index is 3.96. The van der Waals surface area contributed by atoms with Crippen LogP contribution >= 0.6 is 0 Å². The first-order valence-corrected chi connectivity index (χ1v) is 13.1. The van der Waals surface area contributed by atoms with Crippen LogP contribution in [-0.2, 0) is 0 Å². The van der Waals surface area contributed by atoms with E-state index in [1.165, 1.54) is 122 Å². The van der Waals surface area contributed by atoms with E-state index in [2.05, 4.69) is 31.7 Å². The zero-order chi connectivity index (χ0) is 19.9. The highest BCUT2D eigenvalue weighted by Crippen LogP contribution is 2.35. The van der Waals surface area contributed by atoms with Crippen molar-refractivity contribution in [3.8, 4) is 0 Å². The molecule has 0 aromatic rings. The highest BCUT2D eigenvalue weighted by Gasteiger charge is 2.20. The molecule has 0 radical (unpaired) electrons. The Balaban J connectivity index is 1.42. The first-order chi connectivity index (χ1) is 13.8. The van der Waals surface area contributed by atoms with Crippen molar-refractivity contribution >= 4 is 0 Å². The molecular formula is C28H50. The molecule has 2 saturated carbocycles. The number of allylic oxidation sites excluding steroid dienone is 3. The van der Waals surface area contributed by atoms with Crippen molar-refractivity contribution in [2.45, 2.75) is 129 Å². The lowest BCUT2D eigenvalue weighted by Crippen LogP contribution is -2.14. The van der Waals surface area contributed by atoms with Gasteiger partial charge in [-0.05, 0) is 62.2 Å². The molecule has 0 saturated heterocycles. The molecule has 0 aromatic heterocycles. The molecule has 0 N–H and O–H groups in total. The Morgan fingerprint density at radius 2 is 1.18 bits per heavy atom.